The molecule has 0 fully saturated rings. The molecule has 0 saturated carbocycles. The van der Waals surface area contributed by atoms with Crippen LogP contribution in [0.15, 0.2) is 18.3 Å². The van der Waals surface area contributed by atoms with Crippen molar-refractivity contribution in [2.45, 2.75) is 26.7 Å². The molecule has 0 amide bonds. The highest BCUT2D eigenvalue weighted by molar-refractivity contribution is 5.52. The maximum Gasteiger partial charge on any atom is 0.171 e. The van der Waals surface area contributed by atoms with E-state index in [1.165, 1.54) is 0 Å². The number of likely N-dealkylation sites (N-methyl/N-ethyl adjacent to an activating group) is 1. The number of pyridine rings is 1. The van der Waals surface area contributed by atoms with Crippen LogP contribution in [0.5, 0.6) is 5.75 Å². The van der Waals surface area contributed by atoms with E-state index < -0.39 is 0 Å². The predicted molar refractivity (Wildman–Crippen MR) is 76.5 cm³/mol. The van der Waals surface area contributed by atoms with Gasteiger partial charge in [-0.05, 0) is 32.0 Å². The third kappa shape index (κ3) is 4.53. The van der Waals surface area contributed by atoms with Crippen LogP contribution in [0.4, 0.5) is 5.82 Å². The monoisotopic (exact) mass is 251 g/mol. The molecule has 4 nitrogen and oxygen atoms in total. The van der Waals surface area contributed by atoms with E-state index in [2.05, 4.69) is 29.0 Å². The number of hydrogen-bond donors (Lipinski definition) is 1. The minimum atomic E-state index is 0.741. The summed E-state index contributed by atoms with van der Waals surface area (Å²) in [6.07, 6.45) is 3.95. The molecule has 4 heteroatoms. The lowest BCUT2D eigenvalue weighted by Gasteiger charge is -2.25. The molecule has 0 unspecified atom stereocenters. The van der Waals surface area contributed by atoms with Gasteiger partial charge in [-0.15, -0.1) is 0 Å². The first-order valence-corrected chi connectivity index (χ1v) is 6.80. The Labute approximate surface area is 110 Å². The lowest BCUT2D eigenvalue weighted by Crippen LogP contribution is -2.32. The van der Waals surface area contributed by atoms with Crippen LogP contribution < -0.4 is 15.0 Å². The van der Waals surface area contributed by atoms with Crippen molar-refractivity contribution >= 4 is 5.82 Å². The maximum atomic E-state index is 5.77. The van der Waals surface area contributed by atoms with E-state index in [0.29, 0.717) is 0 Å². The van der Waals surface area contributed by atoms with Crippen LogP contribution in [0.1, 0.15) is 26.7 Å². The molecular formula is C14H25N3O. The average Bonchev–Trinajstić information content (AvgIpc) is 2.41. The molecule has 0 spiro atoms. The number of aromatic nitrogens is 1. The number of nitrogens with one attached hydrogen (secondary N) is 1. The van der Waals surface area contributed by atoms with Gasteiger partial charge in [0.2, 0.25) is 0 Å². The number of nitrogens with zero attached hydrogens (tertiary/aromatic N) is 2. The summed E-state index contributed by atoms with van der Waals surface area (Å²) in [6, 6.07) is 3.93. The largest absolute Gasteiger partial charge is 0.490 e. The third-order valence-corrected chi connectivity index (χ3v) is 2.64. The Hall–Kier alpha value is -1.29. The van der Waals surface area contributed by atoms with Crippen molar-refractivity contribution < 1.29 is 4.74 Å². The van der Waals surface area contributed by atoms with Gasteiger partial charge in [0.1, 0.15) is 0 Å². The predicted octanol–water partition coefficient (Wildman–Crippen LogP) is 2.31. The zero-order valence-corrected chi connectivity index (χ0v) is 11.8. The summed E-state index contributed by atoms with van der Waals surface area (Å²) < 4.78 is 5.77. The molecule has 1 heterocycles. The number of ether oxygens (including phenoxy) is 1. The van der Waals surface area contributed by atoms with Crippen LogP contribution >= 0.6 is 0 Å². The summed E-state index contributed by atoms with van der Waals surface area (Å²) in [5.41, 5.74) is 0. The van der Waals surface area contributed by atoms with Gasteiger partial charge in [-0.3, -0.25) is 0 Å². The first kappa shape index (κ1) is 14.8. The Morgan fingerprint density at radius 1 is 1.28 bits per heavy atom. The minimum Gasteiger partial charge on any atom is -0.490 e. The minimum absolute atomic E-state index is 0.741. The van der Waals surface area contributed by atoms with Crippen molar-refractivity contribution in [1.29, 1.82) is 0 Å². The van der Waals surface area contributed by atoms with Gasteiger partial charge in [0.05, 0.1) is 6.61 Å². The van der Waals surface area contributed by atoms with Crippen LogP contribution in [0, 0.1) is 0 Å². The second kappa shape index (κ2) is 8.75. The van der Waals surface area contributed by atoms with Gasteiger partial charge in [-0.1, -0.05) is 13.8 Å². The molecular weight excluding hydrogens is 226 g/mol. The normalized spacial score (nSPS) is 10.4. The number of rotatable bonds is 9. The molecule has 0 saturated heterocycles. The van der Waals surface area contributed by atoms with Gasteiger partial charge in [-0.2, -0.15) is 0 Å². The van der Waals surface area contributed by atoms with Crippen molar-refractivity contribution in [3.63, 3.8) is 0 Å². The second-order valence-corrected chi connectivity index (χ2v) is 4.26. The average molecular weight is 251 g/mol. The van der Waals surface area contributed by atoms with Crippen LogP contribution in [0.25, 0.3) is 0 Å². The van der Waals surface area contributed by atoms with Gasteiger partial charge in [-0.25, -0.2) is 4.98 Å². The molecule has 0 aliphatic rings. The van der Waals surface area contributed by atoms with Crippen LogP contribution in [-0.2, 0) is 0 Å². The van der Waals surface area contributed by atoms with Gasteiger partial charge < -0.3 is 15.0 Å². The Morgan fingerprint density at radius 3 is 2.78 bits per heavy atom. The first-order valence-electron chi connectivity index (χ1n) is 6.80. The standard InChI is InChI=1S/C14H25N3O/c1-4-10-17(11-9-15-3)14-13(18-12-5-2)7-6-8-16-14/h6-8,15H,4-5,9-12H2,1-3H3. The molecule has 102 valence electrons. The highest BCUT2D eigenvalue weighted by atomic mass is 16.5. The fourth-order valence-corrected chi connectivity index (χ4v) is 1.78. The van der Waals surface area contributed by atoms with E-state index in [4.69, 9.17) is 4.74 Å². The summed E-state index contributed by atoms with van der Waals surface area (Å²) >= 11 is 0. The van der Waals surface area contributed by atoms with E-state index >= 15 is 0 Å². The highest BCUT2D eigenvalue weighted by Crippen LogP contribution is 2.25. The smallest absolute Gasteiger partial charge is 0.171 e. The lowest BCUT2D eigenvalue weighted by molar-refractivity contribution is 0.316. The SMILES string of the molecule is CCCOc1cccnc1N(CCC)CCNC. The molecule has 1 aromatic rings. The molecule has 0 aliphatic carbocycles. The molecule has 0 bridgehead atoms. The van der Waals surface area contributed by atoms with E-state index in [1.54, 1.807) is 0 Å². The van der Waals surface area contributed by atoms with E-state index in [9.17, 15) is 0 Å². The molecule has 0 atom stereocenters. The van der Waals surface area contributed by atoms with Gasteiger partial charge in [0.25, 0.3) is 0 Å². The Balaban J connectivity index is 2.80. The molecule has 0 radical (unpaired) electrons. The Kier molecular flexibility index (Phi) is 7.18. The Morgan fingerprint density at radius 2 is 2.11 bits per heavy atom. The van der Waals surface area contributed by atoms with Crippen molar-refractivity contribution in [3.05, 3.63) is 18.3 Å². The van der Waals surface area contributed by atoms with Crippen LogP contribution in [0.3, 0.4) is 0 Å². The quantitative estimate of drug-likeness (QED) is 0.731. The summed E-state index contributed by atoms with van der Waals surface area (Å²) in [5, 5.41) is 3.18. The van der Waals surface area contributed by atoms with Gasteiger partial charge in [0.15, 0.2) is 11.6 Å². The van der Waals surface area contributed by atoms with E-state index in [1.807, 2.05) is 25.4 Å². The number of hydrogen-bond acceptors (Lipinski definition) is 4. The van der Waals surface area contributed by atoms with Crippen molar-refractivity contribution in [2.24, 2.45) is 0 Å². The van der Waals surface area contributed by atoms with Crippen molar-refractivity contribution in [2.75, 3.05) is 38.2 Å². The third-order valence-electron chi connectivity index (χ3n) is 2.64. The fourth-order valence-electron chi connectivity index (χ4n) is 1.78. The fraction of sp³-hybridized carbons (Fsp3) is 0.643. The summed E-state index contributed by atoms with van der Waals surface area (Å²) in [4.78, 5) is 6.76. The van der Waals surface area contributed by atoms with Crippen molar-refractivity contribution in [1.82, 2.24) is 10.3 Å². The first-order chi connectivity index (χ1) is 8.83. The lowest BCUT2D eigenvalue weighted by atomic mass is 10.3. The van der Waals surface area contributed by atoms with Crippen LogP contribution in [0.2, 0.25) is 0 Å². The summed E-state index contributed by atoms with van der Waals surface area (Å²) in [7, 11) is 1.97. The topological polar surface area (TPSA) is 37.4 Å². The molecule has 0 aromatic carbocycles. The maximum absolute atomic E-state index is 5.77. The Bertz CT molecular complexity index is 331. The molecule has 0 aliphatic heterocycles. The van der Waals surface area contributed by atoms with E-state index in [-0.39, 0.29) is 0 Å². The molecule has 1 rings (SSSR count). The number of anilines is 1. The summed E-state index contributed by atoms with van der Waals surface area (Å²) in [6.45, 7) is 7.93. The highest BCUT2D eigenvalue weighted by Gasteiger charge is 2.12. The van der Waals surface area contributed by atoms with Gasteiger partial charge in [0, 0.05) is 25.8 Å². The molecule has 18 heavy (non-hydrogen) atoms. The zero-order valence-electron chi connectivity index (χ0n) is 11.8. The zero-order chi connectivity index (χ0) is 13.2. The van der Waals surface area contributed by atoms with Crippen molar-refractivity contribution in [3.8, 4) is 5.75 Å². The second-order valence-electron chi connectivity index (χ2n) is 4.26. The summed E-state index contributed by atoms with van der Waals surface area (Å²) in [5.74, 6) is 1.85. The van der Waals surface area contributed by atoms with Gasteiger partial charge >= 0.3 is 0 Å². The van der Waals surface area contributed by atoms with Crippen LogP contribution in [-0.4, -0.2) is 38.3 Å². The molecule has 1 N–H and O–H groups in total. The molecule has 1 aromatic heterocycles. The van der Waals surface area contributed by atoms with E-state index in [0.717, 1.165) is 50.7 Å².